The number of amides is 2. The fraction of sp³-hybridized carbons (Fsp3) is 0.0667. The molecule has 2 aromatic rings. The number of halogens is 2. The number of hydrogen-bond donors (Lipinski definition) is 2. The van der Waals surface area contributed by atoms with Gasteiger partial charge < -0.3 is 4.74 Å². The third-order valence-electron chi connectivity index (χ3n) is 2.82. The van der Waals surface area contributed by atoms with Gasteiger partial charge in [0.25, 0.3) is 11.8 Å². The van der Waals surface area contributed by atoms with Crippen molar-refractivity contribution in [3.05, 3.63) is 63.6 Å². The number of benzene rings is 2. The second kappa shape index (κ2) is 7.15. The molecule has 0 saturated carbocycles. The van der Waals surface area contributed by atoms with Gasteiger partial charge in [0.2, 0.25) is 0 Å². The molecule has 0 atom stereocenters. The standard InChI is InChI=1S/C15H12Cl2N2O3/c1-22-13-5-3-2-4-11(13)15(21)19-18-14(20)10-7-6-9(16)8-12(10)17/h2-8H,1H3,(H,18,20)(H,19,21). The fourth-order valence-corrected chi connectivity index (χ4v) is 2.25. The molecule has 5 nitrogen and oxygen atoms in total. The molecule has 0 spiro atoms. The highest BCUT2D eigenvalue weighted by atomic mass is 35.5. The minimum absolute atomic E-state index is 0.191. The van der Waals surface area contributed by atoms with Crippen LogP contribution in [0.2, 0.25) is 10.0 Å². The number of methoxy groups -OCH3 is 1. The van der Waals surface area contributed by atoms with E-state index in [4.69, 9.17) is 27.9 Å². The number of carbonyl (C=O) groups is 2. The summed E-state index contributed by atoms with van der Waals surface area (Å²) in [6.45, 7) is 0. The minimum atomic E-state index is -0.551. The summed E-state index contributed by atoms with van der Waals surface area (Å²) in [5, 5.41) is 0.608. The van der Waals surface area contributed by atoms with Gasteiger partial charge in [0, 0.05) is 5.02 Å². The monoisotopic (exact) mass is 338 g/mol. The number of nitrogens with one attached hydrogen (secondary N) is 2. The van der Waals surface area contributed by atoms with Crippen LogP contribution in [0.1, 0.15) is 20.7 Å². The Bertz CT molecular complexity index is 720. The van der Waals surface area contributed by atoms with Gasteiger partial charge >= 0.3 is 0 Å². The zero-order valence-electron chi connectivity index (χ0n) is 11.5. The summed E-state index contributed by atoms with van der Waals surface area (Å²) >= 11 is 11.7. The predicted molar refractivity (Wildman–Crippen MR) is 84.4 cm³/mol. The maximum absolute atomic E-state index is 12.0. The molecule has 2 amide bonds. The number of ether oxygens (including phenoxy) is 1. The quantitative estimate of drug-likeness (QED) is 0.845. The highest BCUT2D eigenvalue weighted by molar-refractivity contribution is 6.36. The lowest BCUT2D eigenvalue weighted by Gasteiger charge is -2.10. The van der Waals surface area contributed by atoms with Gasteiger partial charge in [-0.15, -0.1) is 0 Å². The third-order valence-corrected chi connectivity index (χ3v) is 3.36. The van der Waals surface area contributed by atoms with Crippen molar-refractivity contribution >= 4 is 35.0 Å². The zero-order valence-corrected chi connectivity index (χ0v) is 13.0. The van der Waals surface area contributed by atoms with Crippen molar-refractivity contribution in [2.75, 3.05) is 7.11 Å². The van der Waals surface area contributed by atoms with E-state index in [0.29, 0.717) is 16.3 Å². The topological polar surface area (TPSA) is 67.4 Å². The van der Waals surface area contributed by atoms with Crippen molar-refractivity contribution in [3.63, 3.8) is 0 Å². The number of hydrazine groups is 1. The Hall–Kier alpha value is -2.24. The van der Waals surface area contributed by atoms with E-state index >= 15 is 0 Å². The highest BCUT2D eigenvalue weighted by Gasteiger charge is 2.14. The van der Waals surface area contributed by atoms with E-state index in [1.54, 1.807) is 24.3 Å². The van der Waals surface area contributed by atoms with E-state index in [2.05, 4.69) is 10.9 Å². The highest BCUT2D eigenvalue weighted by Crippen LogP contribution is 2.21. The Morgan fingerprint density at radius 2 is 1.59 bits per heavy atom. The maximum atomic E-state index is 12.0. The van der Waals surface area contributed by atoms with Crippen molar-refractivity contribution in [3.8, 4) is 5.75 Å². The summed E-state index contributed by atoms with van der Waals surface area (Å²) < 4.78 is 5.08. The molecule has 0 unspecified atom stereocenters. The Balaban J connectivity index is 2.06. The van der Waals surface area contributed by atoms with Gasteiger partial charge in [0.1, 0.15) is 5.75 Å². The average Bonchev–Trinajstić information content (AvgIpc) is 2.52. The molecule has 0 fully saturated rings. The summed E-state index contributed by atoms with van der Waals surface area (Å²) in [7, 11) is 1.46. The smallest absolute Gasteiger partial charge is 0.273 e. The van der Waals surface area contributed by atoms with Gasteiger partial charge in [0.15, 0.2) is 0 Å². The normalized spacial score (nSPS) is 9.95. The van der Waals surface area contributed by atoms with Gasteiger partial charge in [-0.2, -0.15) is 0 Å². The number of rotatable bonds is 3. The van der Waals surface area contributed by atoms with E-state index in [9.17, 15) is 9.59 Å². The third kappa shape index (κ3) is 3.69. The van der Waals surface area contributed by atoms with Crippen molar-refractivity contribution < 1.29 is 14.3 Å². The van der Waals surface area contributed by atoms with E-state index in [1.807, 2.05) is 0 Å². The predicted octanol–water partition coefficient (Wildman–Crippen LogP) is 3.08. The van der Waals surface area contributed by atoms with Crippen LogP contribution in [0.15, 0.2) is 42.5 Å². The summed E-state index contributed by atoms with van der Waals surface area (Å²) in [5.41, 5.74) is 5.09. The van der Waals surface area contributed by atoms with Crippen molar-refractivity contribution in [2.45, 2.75) is 0 Å². The van der Waals surface area contributed by atoms with Gasteiger partial charge in [-0.1, -0.05) is 35.3 Å². The first-order valence-corrected chi connectivity index (χ1v) is 6.97. The molecule has 0 aliphatic rings. The lowest BCUT2D eigenvalue weighted by molar-refractivity contribution is 0.0845. The fourth-order valence-electron chi connectivity index (χ4n) is 1.75. The first kappa shape index (κ1) is 16.1. The molecule has 0 aliphatic heterocycles. The SMILES string of the molecule is COc1ccccc1C(=O)NNC(=O)c1ccc(Cl)cc1Cl. The molecule has 0 aromatic heterocycles. The molecule has 0 heterocycles. The van der Waals surface area contributed by atoms with Crippen LogP contribution >= 0.6 is 23.2 Å². The average molecular weight is 339 g/mol. The van der Waals surface area contributed by atoms with E-state index in [-0.39, 0.29) is 10.6 Å². The summed E-state index contributed by atoms with van der Waals surface area (Å²) in [4.78, 5) is 24.0. The van der Waals surface area contributed by atoms with E-state index < -0.39 is 11.8 Å². The molecule has 2 rings (SSSR count). The van der Waals surface area contributed by atoms with Gasteiger partial charge in [0.05, 0.1) is 23.3 Å². The number of carbonyl (C=O) groups excluding carboxylic acids is 2. The van der Waals surface area contributed by atoms with E-state index in [0.717, 1.165) is 0 Å². The minimum Gasteiger partial charge on any atom is -0.496 e. The molecule has 2 aromatic carbocycles. The van der Waals surface area contributed by atoms with Crippen LogP contribution in [0.4, 0.5) is 0 Å². The van der Waals surface area contributed by atoms with Crippen LogP contribution in [-0.2, 0) is 0 Å². The van der Waals surface area contributed by atoms with Crippen LogP contribution < -0.4 is 15.6 Å². The largest absolute Gasteiger partial charge is 0.496 e. The van der Waals surface area contributed by atoms with Gasteiger partial charge in [-0.25, -0.2) is 0 Å². The second-order valence-electron chi connectivity index (χ2n) is 4.23. The van der Waals surface area contributed by atoms with Crippen LogP contribution in [0.5, 0.6) is 5.75 Å². The molecule has 0 saturated heterocycles. The van der Waals surface area contributed by atoms with E-state index in [1.165, 1.54) is 25.3 Å². The summed E-state index contributed by atoms with van der Waals surface area (Å²) in [5.74, 6) is -0.653. The van der Waals surface area contributed by atoms with Crippen LogP contribution in [-0.4, -0.2) is 18.9 Å². The Morgan fingerprint density at radius 1 is 0.955 bits per heavy atom. The van der Waals surface area contributed by atoms with Crippen molar-refractivity contribution in [1.82, 2.24) is 10.9 Å². The molecule has 2 N–H and O–H groups in total. The van der Waals surface area contributed by atoms with Crippen molar-refractivity contribution in [2.24, 2.45) is 0 Å². The number of para-hydroxylation sites is 1. The van der Waals surface area contributed by atoms with Crippen LogP contribution in [0.25, 0.3) is 0 Å². The molecular formula is C15H12Cl2N2O3. The van der Waals surface area contributed by atoms with Gasteiger partial charge in [-0.05, 0) is 30.3 Å². The lowest BCUT2D eigenvalue weighted by atomic mass is 10.2. The first-order chi connectivity index (χ1) is 10.5. The Labute approximate surface area is 137 Å². The summed E-state index contributed by atoms with van der Waals surface area (Å²) in [6, 6.07) is 11.1. The molecule has 0 aliphatic carbocycles. The first-order valence-electron chi connectivity index (χ1n) is 6.21. The summed E-state index contributed by atoms with van der Waals surface area (Å²) in [6.07, 6.45) is 0. The molecule has 7 heteroatoms. The molecule has 0 radical (unpaired) electrons. The molecule has 114 valence electrons. The van der Waals surface area contributed by atoms with Crippen LogP contribution in [0.3, 0.4) is 0 Å². The second-order valence-corrected chi connectivity index (χ2v) is 5.08. The van der Waals surface area contributed by atoms with Crippen molar-refractivity contribution in [1.29, 1.82) is 0 Å². The Morgan fingerprint density at radius 3 is 2.23 bits per heavy atom. The Kier molecular flexibility index (Phi) is 5.25. The van der Waals surface area contributed by atoms with Crippen LogP contribution in [0, 0.1) is 0 Å². The molecular weight excluding hydrogens is 327 g/mol. The lowest BCUT2D eigenvalue weighted by Crippen LogP contribution is -2.41. The number of hydrogen-bond acceptors (Lipinski definition) is 3. The van der Waals surface area contributed by atoms with Gasteiger partial charge in [-0.3, -0.25) is 20.4 Å². The zero-order chi connectivity index (χ0) is 16.1. The molecule has 0 bridgehead atoms. The molecule has 22 heavy (non-hydrogen) atoms. The maximum Gasteiger partial charge on any atom is 0.273 e.